The number of piperidine rings is 1. The second-order valence-electron chi connectivity index (χ2n) is 3.62. The van der Waals surface area contributed by atoms with Crippen LogP contribution >= 0.6 is 24.8 Å². The maximum absolute atomic E-state index is 11.9. The Hall–Kier alpha value is -0.640. The highest BCUT2D eigenvalue weighted by Crippen LogP contribution is 2.17. The number of nitrogens with zero attached hydrogens (tertiary/aromatic N) is 1. The summed E-state index contributed by atoms with van der Waals surface area (Å²) in [5.74, 6) is 0.479. The van der Waals surface area contributed by atoms with Crippen LogP contribution in [0.25, 0.3) is 0 Å². The van der Waals surface area contributed by atoms with Gasteiger partial charge in [0, 0.05) is 23.9 Å². The Bertz CT molecular complexity index is 313. The number of carbonyl (C=O) groups excluding carboxylic acids is 1. The zero-order chi connectivity index (χ0) is 9.80. The molecule has 1 N–H and O–H groups in total. The lowest BCUT2D eigenvalue weighted by atomic mass is 9.90. The zero-order valence-electron chi connectivity index (χ0n) is 8.89. The molecule has 1 aliphatic heterocycles. The van der Waals surface area contributed by atoms with Crippen LogP contribution in [0.5, 0.6) is 0 Å². The minimum Gasteiger partial charge on any atom is -0.317 e. The van der Waals surface area contributed by atoms with Crippen molar-refractivity contribution < 1.29 is 4.79 Å². The van der Waals surface area contributed by atoms with E-state index in [2.05, 4.69) is 10.3 Å². The Morgan fingerprint density at radius 2 is 1.75 bits per heavy atom. The van der Waals surface area contributed by atoms with E-state index in [-0.39, 0.29) is 36.5 Å². The van der Waals surface area contributed by atoms with Gasteiger partial charge in [-0.05, 0) is 38.1 Å². The first-order chi connectivity index (χ1) is 6.88. The van der Waals surface area contributed by atoms with E-state index in [1.54, 1.807) is 24.5 Å². The average molecular weight is 263 g/mol. The van der Waals surface area contributed by atoms with Crippen LogP contribution in [0.1, 0.15) is 23.2 Å². The van der Waals surface area contributed by atoms with Crippen LogP contribution < -0.4 is 5.32 Å². The molecule has 1 fully saturated rings. The standard InChI is InChI=1S/C11H14N2O.2ClH/c14-11(9-1-5-12-6-2-9)10-3-7-13-8-4-10;;/h1-2,5-6,10,13H,3-4,7-8H2;2*1H. The van der Waals surface area contributed by atoms with Crippen molar-refractivity contribution in [1.29, 1.82) is 0 Å². The number of hydrogen-bond acceptors (Lipinski definition) is 3. The lowest BCUT2D eigenvalue weighted by Crippen LogP contribution is -2.31. The van der Waals surface area contributed by atoms with Crippen molar-refractivity contribution in [3.63, 3.8) is 0 Å². The van der Waals surface area contributed by atoms with Crippen LogP contribution in [0.2, 0.25) is 0 Å². The molecule has 1 aromatic rings. The summed E-state index contributed by atoms with van der Waals surface area (Å²) in [6, 6.07) is 3.59. The van der Waals surface area contributed by atoms with Crippen molar-refractivity contribution in [2.45, 2.75) is 12.8 Å². The third-order valence-electron chi connectivity index (χ3n) is 2.67. The molecular weight excluding hydrogens is 247 g/mol. The van der Waals surface area contributed by atoms with Crippen LogP contribution in [0.3, 0.4) is 0 Å². The molecule has 1 aromatic heterocycles. The molecule has 16 heavy (non-hydrogen) atoms. The summed E-state index contributed by atoms with van der Waals surface area (Å²) in [7, 11) is 0. The van der Waals surface area contributed by atoms with Crippen LogP contribution in [0, 0.1) is 5.92 Å². The number of hydrogen-bond donors (Lipinski definition) is 1. The van der Waals surface area contributed by atoms with Crippen molar-refractivity contribution >= 4 is 30.6 Å². The van der Waals surface area contributed by atoms with E-state index in [4.69, 9.17) is 0 Å². The van der Waals surface area contributed by atoms with Gasteiger partial charge in [0.05, 0.1) is 0 Å². The van der Waals surface area contributed by atoms with Gasteiger partial charge in [-0.2, -0.15) is 0 Å². The molecule has 0 saturated carbocycles. The van der Waals surface area contributed by atoms with E-state index in [1.807, 2.05) is 0 Å². The number of halogens is 2. The van der Waals surface area contributed by atoms with Gasteiger partial charge >= 0.3 is 0 Å². The number of nitrogens with one attached hydrogen (secondary N) is 1. The average Bonchev–Trinajstić information content (AvgIpc) is 2.30. The van der Waals surface area contributed by atoms with Gasteiger partial charge in [0.25, 0.3) is 0 Å². The molecule has 0 amide bonds. The number of rotatable bonds is 2. The summed E-state index contributed by atoms with van der Waals surface area (Å²) >= 11 is 0. The fraction of sp³-hybridized carbons (Fsp3) is 0.455. The molecule has 3 nitrogen and oxygen atoms in total. The minimum absolute atomic E-state index is 0. The second kappa shape index (κ2) is 7.60. The molecule has 5 heteroatoms. The summed E-state index contributed by atoms with van der Waals surface area (Å²) in [4.78, 5) is 15.9. The van der Waals surface area contributed by atoms with Gasteiger partial charge in [-0.3, -0.25) is 9.78 Å². The van der Waals surface area contributed by atoms with Gasteiger partial charge in [-0.1, -0.05) is 0 Å². The molecule has 1 aliphatic rings. The highest BCUT2D eigenvalue weighted by Gasteiger charge is 2.21. The Balaban J connectivity index is 0.00000112. The molecule has 0 aliphatic carbocycles. The normalized spacial score (nSPS) is 15.8. The lowest BCUT2D eigenvalue weighted by molar-refractivity contribution is 0.0895. The van der Waals surface area contributed by atoms with Crippen LogP contribution in [-0.2, 0) is 0 Å². The molecule has 0 unspecified atom stereocenters. The summed E-state index contributed by atoms with van der Waals surface area (Å²) in [6.45, 7) is 1.92. The topological polar surface area (TPSA) is 42.0 Å². The highest BCUT2D eigenvalue weighted by molar-refractivity contribution is 5.97. The number of pyridine rings is 1. The first-order valence-electron chi connectivity index (χ1n) is 5.03. The van der Waals surface area contributed by atoms with E-state index in [0.29, 0.717) is 0 Å². The Labute approximate surface area is 108 Å². The van der Waals surface area contributed by atoms with Gasteiger partial charge in [0.1, 0.15) is 0 Å². The molecular formula is C11H16Cl2N2O. The maximum Gasteiger partial charge on any atom is 0.166 e. The smallest absolute Gasteiger partial charge is 0.166 e. The number of aromatic nitrogens is 1. The third-order valence-corrected chi connectivity index (χ3v) is 2.67. The molecule has 2 rings (SSSR count). The number of ketones is 1. The number of Topliss-reactive ketones (excluding diaryl/α,β-unsaturated/α-hetero) is 1. The largest absolute Gasteiger partial charge is 0.317 e. The van der Waals surface area contributed by atoms with Crippen LogP contribution in [0.15, 0.2) is 24.5 Å². The predicted molar refractivity (Wildman–Crippen MR) is 68.7 cm³/mol. The lowest BCUT2D eigenvalue weighted by Gasteiger charge is -2.21. The fourth-order valence-electron chi connectivity index (χ4n) is 1.84. The summed E-state index contributed by atoms with van der Waals surface area (Å²) in [5, 5.41) is 3.26. The second-order valence-corrected chi connectivity index (χ2v) is 3.62. The molecule has 0 aromatic carbocycles. The van der Waals surface area contributed by atoms with Crippen molar-refractivity contribution in [3.8, 4) is 0 Å². The molecule has 2 heterocycles. The van der Waals surface area contributed by atoms with Crippen molar-refractivity contribution in [3.05, 3.63) is 30.1 Å². The fourth-order valence-corrected chi connectivity index (χ4v) is 1.84. The van der Waals surface area contributed by atoms with Crippen molar-refractivity contribution in [1.82, 2.24) is 10.3 Å². The quantitative estimate of drug-likeness (QED) is 0.831. The summed E-state index contributed by atoms with van der Waals surface area (Å²) in [5.41, 5.74) is 0.798. The van der Waals surface area contributed by atoms with Crippen molar-refractivity contribution in [2.24, 2.45) is 5.92 Å². The van der Waals surface area contributed by atoms with E-state index in [0.717, 1.165) is 31.5 Å². The Morgan fingerprint density at radius 3 is 2.31 bits per heavy atom. The van der Waals surface area contributed by atoms with Gasteiger partial charge in [0.2, 0.25) is 0 Å². The van der Waals surface area contributed by atoms with Crippen LogP contribution in [0.4, 0.5) is 0 Å². The Kier molecular flexibility index (Phi) is 7.30. The SMILES string of the molecule is Cl.Cl.O=C(c1ccncc1)C1CCNCC1. The van der Waals surface area contributed by atoms with E-state index in [1.165, 1.54) is 0 Å². The van der Waals surface area contributed by atoms with E-state index in [9.17, 15) is 4.79 Å². The Morgan fingerprint density at radius 1 is 1.19 bits per heavy atom. The predicted octanol–water partition coefficient (Wildman–Crippen LogP) is 2.11. The van der Waals surface area contributed by atoms with Gasteiger partial charge in [0.15, 0.2) is 5.78 Å². The molecule has 0 atom stereocenters. The third kappa shape index (κ3) is 3.74. The molecule has 1 saturated heterocycles. The van der Waals surface area contributed by atoms with Gasteiger partial charge in [-0.15, -0.1) is 24.8 Å². The van der Waals surface area contributed by atoms with Crippen molar-refractivity contribution in [2.75, 3.05) is 13.1 Å². The highest BCUT2D eigenvalue weighted by atomic mass is 35.5. The summed E-state index contributed by atoms with van der Waals surface area (Å²) in [6.07, 6.45) is 5.27. The monoisotopic (exact) mass is 262 g/mol. The molecule has 0 radical (unpaired) electrons. The van der Waals surface area contributed by atoms with Crippen LogP contribution in [-0.4, -0.2) is 23.9 Å². The summed E-state index contributed by atoms with van der Waals surface area (Å²) < 4.78 is 0. The molecule has 90 valence electrons. The first-order valence-corrected chi connectivity index (χ1v) is 5.03. The van der Waals surface area contributed by atoms with E-state index < -0.39 is 0 Å². The molecule has 0 spiro atoms. The zero-order valence-corrected chi connectivity index (χ0v) is 10.5. The minimum atomic E-state index is 0. The van der Waals surface area contributed by atoms with Gasteiger partial charge < -0.3 is 5.32 Å². The first kappa shape index (κ1) is 15.4. The molecule has 0 bridgehead atoms. The maximum atomic E-state index is 11.9. The van der Waals surface area contributed by atoms with E-state index >= 15 is 0 Å². The van der Waals surface area contributed by atoms with Gasteiger partial charge in [-0.25, -0.2) is 0 Å². The number of carbonyl (C=O) groups is 1.